The molecule has 0 bridgehead atoms. The summed E-state index contributed by atoms with van der Waals surface area (Å²) in [5, 5.41) is 7.57. The van der Waals surface area contributed by atoms with E-state index < -0.39 is 0 Å². The average molecular weight is 383 g/mol. The van der Waals surface area contributed by atoms with Crippen LogP contribution in [0, 0.1) is 11.3 Å². The number of fused-ring (bicyclic) bond motifs is 1. The minimum Gasteiger partial charge on any atom is -0.456 e. The van der Waals surface area contributed by atoms with Gasteiger partial charge in [0.1, 0.15) is 11.3 Å². The van der Waals surface area contributed by atoms with Gasteiger partial charge in [-0.3, -0.25) is 4.79 Å². The number of carbonyl (C=O) groups excluding carboxylic acids is 1. The zero-order valence-electron chi connectivity index (χ0n) is 15.0. The first kappa shape index (κ1) is 18.1. The summed E-state index contributed by atoms with van der Waals surface area (Å²) in [4.78, 5) is 12.6. The van der Waals surface area contributed by atoms with Crippen LogP contribution in [-0.4, -0.2) is 19.0 Å². The van der Waals surface area contributed by atoms with Crippen LogP contribution in [0.4, 0.5) is 5.69 Å². The molecule has 3 aromatic rings. The third-order valence-corrected chi connectivity index (χ3v) is 5.97. The zero-order chi connectivity index (χ0) is 17.6. The fourth-order valence-electron chi connectivity index (χ4n) is 4.27. The summed E-state index contributed by atoms with van der Waals surface area (Å²) >= 11 is 0. The van der Waals surface area contributed by atoms with Crippen molar-refractivity contribution in [3.63, 3.8) is 0 Å². The Morgan fingerprint density at radius 2 is 1.81 bits per heavy atom. The van der Waals surface area contributed by atoms with Gasteiger partial charge in [-0.1, -0.05) is 18.2 Å². The number of piperidine rings is 1. The van der Waals surface area contributed by atoms with Crippen LogP contribution in [0.15, 0.2) is 59.0 Å². The Kier molecular flexibility index (Phi) is 4.70. The molecule has 1 unspecified atom stereocenters. The van der Waals surface area contributed by atoms with E-state index in [-0.39, 0.29) is 29.6 Å². The second-order valence-electron chi connectivity index (χ2n) is 7.58. The van der Waals surface area contributed by atoms with Crippen LogP contribution in [0.1, 0.15) is 19.3 Å². The van der Waals surface area contributed by atoms with Gasteiger partial charge in [-0.05, 0) is 74.2 Å². The summed E-state index contributed by atoms with van der Waals surface area (Å²) < 4.78 is 5.91. The van der Waals surface area contributed by atoms with Crippen molar-refractivity contribution in [2.24, 2.45) is 11.3 Å². The zero-order valence-corrected chi connectivity index (χ0v) is 15.9. The number of rotatable bonds is 3. The Hall–Kier alpha value is -2.30. The van der Waals surface area contributed by atoms with E-state index in [0.29, 0.717) is 0 Å². The summed E-state index contributed by atoms with van der Waals surface area (Å²) in [5.41, 5.74) is 3.02. The third-order valence-electron chi connectivity index (χ3n) is 5.97. The van der Waals surface area contributed by atoms with E-state index in [1.807, 2.05) is 54.6 Å². The van der Waals surface area contributed by atoms with E-state index in [2.05, 4.69) is 10.6 Å². The van der Waals surface area contributed by atoms with E-state index >= 15 is 0 Å². The van der Waals surface area contributed by atoms with Gasteiger partial charge in [0.2, 0.25) is 5.91 Å². The van der Waals surface area contributed by atoms with Crippen molar-refractivity contribution in [1.82, 2.24) is 5.32 Å². The van der Waals surface area contributed by atoms with Gasteiger partial charge in [-0.2, -0.15) is 0 Å². The second kappa shape index (κ2) is 7.02. The summed E-state index contributed by atoms with van der Waals surface area (Å²) in [7, 11) is 0. The van der Waals surface area contributed by atoms with Crippen LogP contribution in [0.5, 0.6) is 0 Å². The highest BCUT2D eigenvalue weighted by Crippen LogP contribution is 2.58. The molecule has 0 radical (unpaired) electrons. The normalized spacial score (nSPS) is 20.2. The van der Waals surface area contributed by atoms with Gasteiger partial charge in [0.25, 0.3) is 0 Å². The van der Waals surface area contributed by atoms with Crippen molar-refractivity contribution >= 4 is 35.0 Å². The predicted molar refractivity (Wildman–Crippen MR) is 110 cm³/mol. The smallest absolute Gasteiger partial charge is 0.228 e. The molecule has 1 atom stereocenters. The van der Waals surface area contributed by atoms with Crippen molar-refractivity contribution in [2.75, 3.05) is 18.4 Å². The Labute approximate surface area is 164 Å². The Balaban J connectivity index is 0.00000180. The molecule has 2 aromatic carbocycles. The topological polar surface area (TPSA) is 54.3 Å². The summed E-state index contributed by atoms with van der Waals surface area (Å²) in [6, 6.07) is 18.0. The average Bonchev–Trinajstić information content (AvgIpc) is 3.18. The highest BCUT2D eigenvalue weighted by atomic mass is 35.5. The van der Waals surface area contributed by atoms with Gasteiger partial charge in [0.15, 0.2) is 0 Å². The van der Waals surface area contributed by atoms with Crippen LogP contribution in [-0.2, 0) is 4.79 Å². The van der Waals surface area contributed by atoms with Crippen LogP contribution in [0.2, 0.25) is 0 Å². The van der Waals surface area contributed by atoms with Crippen LogP contribution in [0.25, 0.3) is 22.3 Å². The van der Waals surface area contributed by atoms with Gasteiger partial charge in [0.05, 0.1) is 0 Å². The second-order valence-corrected chi connectivity index (χ2v) is 7.58. The molecule has 1 aliphatic carbocycles. The maximum atomic E-state index is 12.6. The maximum Gasteiger partial charge on any atom is 0.228 e. The number of furan rings is 1. The number of halogens is 1. The largest absolute Gasteiger partial charge is 0.456 e. The summed E-state index contributed by atoms with van der Waals surface area (Å²) in [6.07, 6.45) is 3.28. The lowest BCUT2D eigenvalue weighted by molar-refractivity contribution is -0.118. The lowest BCUT2D eigenvalue weighted by Gasteiger charge is -2.23. The molecule has 5 rings (SSSR count). The van der Waals surface area contributed by atoms with Crippen molar-refractivity contribution in [2.45, 2.75) is 19.3 Å². The minimum absolute atomic E-state index is 0. The molecule has 5 heteroatoms. The van der Waals surface area contributed by atoms with Crippen LogP contribution >= 0.6 is 12.4 Å². The van der Waals surface area contributed by atoms with E-state index in [1.54, 1.807) is 0 Å². The highest BCUT2D eigenvalue weighted by Gasteiger charge is 2.57. The number of hydrogen-bond acceptors (Lipinski definition) is 3. The molecular formula is C22H23ClN2O2. The lowest BCUT2D eigenvalue weighted by Crippen LogP contribution is -2.31. The van der Waals surface area contributed by atoms with Gasteiger partial charge < -0.3 is 15.1 Å². The molecule has 2 fully saturated rings. The SMILES string of the molecule is Cl.O=C(Nc1ccc(-c2cc3ccccc3o2)cc1)C1CC12CCNCC2. The Morgan fingerprint density at radius 1 is 1.07 bits per heavy atom. The molecule has 1 spiro atoms. The van der Waals surface area contributed by atoms with E-state index in [4.69, 9.17) is 4.42 Å². The number of carbonyl (C=O) groups is 1. The summed E-state index contributed by atoms with van der Waals surface area (Å²) in [6.45, 7) is 2.08. The fourth-order valence-corrected chi connectivity index (χ4v) is 4.27. The molecular weight excluding hydrogens is 360 g/mol. The number of benzene rings is 2. The van der Waals surface area contributed by atoms with Gasteiger partial charge in [0, 0.05) is 22.6 Å². The molecule has 140 valence electrons. The minimum atomic E-state index is 0. The van der Waals surface area contributed by atoms with Gasteiger partial charge in [-0.15, -0.1) is 12.4 Å². The van der Waals surface area contributed by atoms with Crippen molar-refractivity contribution in [1.29, 1.82) is 0 Å². The number of para-hydroxylation sites is 1. The molecule has 1 saturated carbocycles. The highest BCUT2D eigenvalue weighted by molar-refractivity contribution is 5.95. The molecule has 1 aliphatic heterocycles. The molecule has 1 aromatic heterocycles. The van der Waals surface area contributed by atoms with E-state index in [1.165, 1.54) is 0 Å². The summed E-state index contributed by atoms with van der Waals surface area (Å²) in [5.74, 6) is 1.20. The lowest BCUT2D eigenvalue weighted by atomic mass is 9.92. The Morgan fingerprint density at radius 3 is 2.56 bits per heavy atom. The van der Waals surface area contributed by atoms with Gasteiger partial charge >= 0.3 is 0 Å². The predicted octanol–water partition coefficient (Wildman–Crippen LogP) is 4.85. The van der Waals surface area contributed by atoms with Gasteiger partial charge in [-0.25, -0.2) is 0 Å². The van der Waals surface area contributed by atoms with Crippen molar-refractivity contribution < 1.29 is 9.21 Å². The number of anilines is 1. The molecule has 1 amide bonds. The van der Waals surface area contributed by atoms with Crippen molar-refractivity contribution in [3.05, 3.63) is 54.6 Å². The third kappa shape index (κ3) is 3.35. The molecule has 27 heavy (non-hydrogen) atoms. The van der Waals surface area contributed by atoms with E-state index in [0.717, 1.165) is 60.3 Å². The first-order valence-electron chi connectivity index (χ1n) is 9.34. The first-order chi connectivity index (χ1) is 12.7. The molecule has 4 nitrogen and oxygen atoms in total. The Bertz CT molecular complexity index is 925. The van der Waals surface area contributed by atoms with Crippen LogP contribution in [0.3, 0.4) is 0 Å². The molecule has 2 N–H and O–H groups in total. The molecule has 2 heterocycles. The number of nitrogens with one attached hydrogen (secondary N) is 2. The quantitative estimate of drug-likeness (QED) is 0.680. The number of amides is 1. The molecule has 1 saturated heterocycles. The number of hydrogen-bond donors (Lipinski definition) is 2. The van der Waals surface area contributed by atoms with E-state index in [9.17, 15) is 4.79 Å². The maximum absolute atomic E-state index is 12.6. The standard InChI is InChI=1S/C22H22N2O2.ClH/c25-21(18-14-22(18)9-11-23-12-10-22)24-17-7-5-15(6-8-17)20-13-16-3-1-2-4-19(16)26-20;/h1-8,13,18,23H,9-12,14H2,(H,24,25);1H. The fraction of sp³-hybridized carbons (Fsp3) is 0.318. The van der Waals surface area contributed by atoms with Crippen LogP contribution < -0.4 is 10.6 Å². The molecule has 2 aliphatic rings. The first-order valence-corrected chi connectivity index (χ1v) is 9.34. The monoisotopic (exact) mass is 382 g/mol. The van der Waals surface area contributed by atoms with Crippen molar-refractivity contribution in [3.8, 4) is 11.3 Å².